The van der Waals surface area contributed by atoms with Crippen LogP contribution in [0.2, 0.25) is 15.1 Å². The van der Waals surface area contributed by atoms with Gasteiger partial charge in [-0.15, -0.1) is 0 Å². The summed E-state index contributed by atoms with van der Waals surface area (Å²) >= 11 is 18.0. The summed E-state index contributed by atoms with van der Waals surface area (Å²) in [6.45, 7) is -0.578. The Labute approximate surface area is 197 Å². The molecular weight excluding hydrogens is 475 g/mol. The van der Waals surface area contributed by atoms with Crippen LogP contribution in [0.4, 0.5) is 0 Å². The maximum atomic E-state index is 13.4. The first-order valence-corrected chi connectivity index (χ1v) is 10.4. The van der Waals surface area contributed by atoms with E-state index in [0.717, 1.165) is 5.01 Å². The summed E-state index contributed by atoms with van der Waals surface area (Å²) in [5, 5.41) is 2.23. The van der Waals surface area contributed by atoms with E-state index >= 15 is 0 Å². The van der Waals surface area contributed by atoms with Crippen LogP contribution in [0.1, 0.15) is 41.4 Å². The number of carbonyl (C=O) groups excluding carboxylic acids is 4. The number of hydrogen-bond donors (Lipinski definition) is 0. The molecular formula is C23H13Cl3N2O4. The van der Waals surface area contributed by atoms with Crippen molar-refractivity contribution in [1.82, 2.24) is 10.0 Å². The van der Waals surface area contributed by atoms with Crippen molar-refractivity contribution in [3.63, 3.8) is 0 Å². The Morgan fingerprint density at radius 3 is 1.91 bits per heavy atom. The third kappa shape index (κ3) is 4.00. The molecule has 0 unspecified atom stereocenters. The molecule has 0 aromatic heterocycles. The predicted molar refractivity (Wildman–Crippen MR) is 120 cm³/mol. The standard InChI is InChI=1S/C23H13Cl3N2O4/c24-14-7-5-13(6-8-14)20(29)12-27(21(30)18-10-9-15(25)11-19(18)26)28-22(31)16-3-1-2-4-17(16)23(28)32/h1-11H,12H2. The van der Waals surface area contributed by atoms with Crippen molar-refractivity contribution in [1.29, 1.82) is 0 Å². The first kappa shape index (κ1) is 22.0. The largest absolute Gasteiger partial charge is 0.292 e. The molecule has 0 saturated heterocycles. The smallest absolute Gasteiger partial charge is 0.280 e. The van der Waals surface area contributed by atoms with Crippen molar-refractivity contribution < 1.29 is 19.2 Å². The number of rotatable bonds is 5. The molecule has 1 aliphatic rings. The molecule has 3 amide bonds. The van der Waals surface area contributed by atoms with Gasteiger partial charge in [-0.25, -0.2) is 5.01 Å². The van der Waals surface area contributed by atoms with Crippen LogP contribution in [0.3, 0.4) is 0 Å². The molecule has 0 saturated carbocycles. The molecule has 0 bridgehead atoms. The summed E-state index contributed by atoms with van der Waals surface area (Å²) < 4.78 is 0. The highest BCUT2D eigenvalue weighted by molar-refractivity contribution is 6.37. The van der Waals surface area contributed by atoms with Gasteiger partial charge in [-0.2, -0.15) is 5.01 Å². The number of amides is 3. The van der Waals surface area contributed by atoms with E-state index in [1.807, 2.05) is 0 Å². The fourth-order valence-electron chi connectivity index (χ4n) is 3.29. The maximum Gasteiger partial charge on any atom is 0.280 e. The molecule has 160 valence electrons. The maximum absolute atomic E-state index is 13.4. The fraction of sp³-hybridized carbons (Fsp3) is 0.0435. The van der Waals surface area contributed by atoms with Gasteiger partial charge in [0.05, 0.1) is 21.7 Å². The van der Waals surface area contributed by atoms with E-state index in [1.165, 1.54) is 54.6 Å². The highest BCUT2D eigenvalue weighted by atomic mass is 35.5. The Morgan fingerprint density at radius 2 is 1.34 bits per heavy atom. The molecule has 4 rings (SSSR count). The van der Waals surface area contributed by atoms with Crippen LogP contribution in [-0.2, 0) is 0 Å². The fourth-order valence-corrected chi connectivity index (χ4v) is 3.91. The molecule has 0 aliphatic carbocycles. The first-order chi connectivity index (χ1) is 15.3. The van der Waals surface area contributed by atoms with E-state index in [-0.39, 0.29) is 27.3 Å². The molecule has 0 fully saturated rings. The van der Waals surface area contributed by atoms with Crippen LogP contribution in [-0.4, -0.2) is 40.1 Å². The number of fused-ring (bicyclic) bond motifs is 1. The van der Waals surface area contributed by atoms with E-state index in [1.54, 1.807) is 12.1 Å². The number of hydrazine groups is 1. The normalized spacial score (nSPS) is 12.7. The quantitative estimate of drug-likeness (QED) is 0.367. The lowest BCUT2D eigenvalue weighted by Crippen LogP contribution is -2.51. The zero-order valence-corrected chi connectivity index (χ0v) is 18.5. The molecule has 0 atom stereocenters. The summed E-state index contributed by atoms with van der Waals surface area (Å²) in [6.07, 6.45) is 0. The highest BCUT2D eigenvalue weighted by Gasteiger charge is 2.42. The van der Waals surface area contributed by atoms with Crippen molar-refractivity contribution in [2.45, 2.75) is 0 Å². The predicted octanol–water partition coefficient (Wildman–Crippen LogP) is 5.18. The number of Topliss-reactive ketones (excluding diaryl/α,β-unsaturated/α-hetero) is 1. The average Bonchev–Trinajstić information content (AvgIpc) is 3.02. The number of ketones is 1. The number of nitrogens with zero attached hydrogens (tertiary/aromatic N) is 2. The second kappa shape index (κ2) is 8.74. The Bertz CT molecular complexity index is 1240. The van der Waals surface area contributed by atoms with Gasteiger partial charge in [0.15, 0.2) is 5.78 Å². The molecule has 6 nitrogen and oxygen atoms in total. The lowest BCUT2D eigenvalue weighted by Gasteiger charge is -2.29. The van der Waals surface area contributed by atoms with E-state index in [4.69, 9.17) is 34.8 Å². The third-order valence-electron chi connectivity index (χ3n) is 4.87. The zero-order chi connectivity index (χ0) is 23.0. The van der Waals surface area contributed by atoms with Gasteiger partial charge in [-0.05, 0) is 54.6 Å². The molecule has 1 aliphatic heterocycles. The van der Waals surface area contributed by atoms with Crippen molar-refractivity contribution in [2.24, 2.45) is 0 Å². The average molecular weight is 488 g/mol. The zero-order valence-electron chi connectivity index (χ0n) is 16.2. The second-order valence-corrected chi connectivity index (χ2v) is 8.16. The van der Waals surface area contributed by atoms with Crippen LogP contribution in [0.5, 0.6) is 0 Å². The topological polar surface area (TPSA) is 74.8 Å². The minimum atomic E-state index is -0.802. The lowest BCUT2D eigenvalue weighted by molar-refractivity contribution is 0.00532. The Balaban J connectivity index is 1.75. The van der Waals surface area contributed by atoms with Gasteiger partial charge in [-0.1, -0.05) is 46.9 Å². The molecule has 0 spiro atoms. The van der Waals surface area contributed by atoms with Crippen molar-refractivity contribution in [3.8, 4) is 0 Å². The van der Waals surface area contributed by atoms with Crippen LogP contribution in [0.25, 0.3) is 0 Å². The van der Waals surface area contributed by atoms with Crippen LogP contribution in [0.15, 0.2) is 66.7 Å². The summed E-state index contributed by atoms with van der Waals surface area (Å²) in [5.41, 5.74) is 0.510. The van der Waals surface area contributed by atoms with Gasteiger partial charge in [-0.3, -0.25) is 19.2 Å². The second-order valence-electron chi connectivity index (χ2n) is 6.88. The number of imide groups is 1. The van der Waals surface area contributed by atoms with Gasteiger partial charge in [0.1, 0.15) is 6.54 Å². The molecule has 3 aromatic carbocycles. The summed E-state index contributed by atoms with van der Waals surface area (Å²) in [6, 6.07) is 16.4. The SMILES string of the molecule is O=C(CN(C(=O)c1ccc(Cl)cc1Cl)N1C(=O)c2ccccc2C1=O)c1ccc(Cl)cc1. The van der Waals surface area contributed by atoms with Gasteiger partial charge >= 0.3 is 0 Å². The van der Waals surface area contributed by atoms with E-state index < -0.39 is 30.0 Å². The minimum Gasteiger partial charge on any atom is -0.292 e. The summed E-state index contributed by atoms with van der Waals surface area (Å²) in [7, 11) is 0. The molecule has 32 heavy (non-hydrogen) atoms. The van der Waals surface area contributed by atoms with E-state index in [0.29, 0.717) is 15.1 Å². The number of halogens is 3. The summed E-state index contributed by atoms with van der Waals surface area (Å²) in [5.74, 6) is -2.74. The highest BCUT2D eigenvalue weighted by Crippen LogP contribution is 2.28. The number of benzene rings is 3. The Hall–Kier alpha value is -3.19. The third-order valence-corrected chi connectivity index (χ3v) is 5.67. The van der Waals surface area contributed by atoms with E-state index in [2.05, 4.69) is 0 Å². The van der Waals surface area contributed by atoms with Gasteiger partial charge in [0, 0.05) is 15.6 Å². The number of carbonyl (C=O) groups is 4. The van der Waals surface area contributed by atoms with Crippen molar-refractivity contribution in [2.75, 3.05) is 6.54 Å². The van der Waals surface area contributed by atoms with Gasteiger partial charge in [0.2, 0.25) is 0 Å². The summed E-state index contributed by atoms with van der Waals surface area (Å²) in [4.78, 5) is 52.4. The van der Waals surface area contributed by atoms with Crippen LogP contribution in [0, 0.1) is 0 Å². The van der Waals surface area contributed by atoms with Crippen molar-refractivity contribution >= 4 is 58.3 Å². The monoisotopic (exact) mass is 486 g/mol. The molecule has 0 N–H and O–H groups in total. The van der Waals surface area contributed by atoms with Crippen LogP contribution >= 0.6 is 34.8 Å². The van der Waals surface area contributed by atoms with E-state index in [9.17, 15) is 19.2 Å². The minimum absolute atomic E-state index is 0.0167. The van der Waals surface area contributed by atoms with Crippen molar-refractivity contribution in [3.05, 3.63) is 104 Å². The number of hydrogen-bond acceptors (Lipinski definition) is 4. The molecule has 3 aromatic rings. The molecule has 1 heterocycles. The first-order valence-electron chi connectivity index (χ1n) is 9.31. The lowest BCUT2D eigenvalue weighted by atomic mass is 10.1. The molecule has 0 radical (unpaired) electrons. The Morgan fingerprint density at radius 1 is 0.781 bits per heavy atom. The van der Waals surface area contributed by atoms with Gasteiger partial charge in [0.25, 0.3) is 17.7 Å². The van der Waals surface area contributed by atoms with Gasteiger partial charge < -0.3 is 0 Å². The Kier molecular flexibility index (Phi) is 6.02. The molecule has 9 heteroatoms. The van der Waals surface area contributed by atoms with Crippen LogP contribution < -0.4 is 0 Å².